The van der Waals surface area contributed by atoms with Crippen molar-refractivity contribution in [3.05, 3.63) is 0 Å². The highest BCUT2D eigenvalue weighted by Crippen LogP contribution is 1.76. The Morgan fingerprint density at radius 2 is 2.12 bits per heavy atom. The molecule has 8 heavy (non-hydrogen) atoms. The summed E-state index contributed by atoms with van der Waals surface area (Å²) in [7, 11) is 0. The van der Waals surface area contributed by atoms with E-state index in [9.17, 15) is 4.79 Å². The van der Waals surface area contributed by atoms with Crippen molar-refractivity contribution in [3.63, 3.8) is 0 Å². The number of nitrogens with one attached hydrogen (secondary N) is 1. The molecule has 0 spiro atoms. The molecule has 3 heteroatoms. The van der Waals surface area contributed by atoms with Gasteiger partial charge in [-0.15, -0.1) is 0 Å². The van der Waals surface area contributed by atoms with Gasteiger partial charge in [-0.25, -0.2) is 0 Å². The molecule has 0 aromatic heterocycles. The lowest BCUT2D eigenvalue weighted by Crippen LogP contribution is -2.32. The molecular formula is C5H12BNO. The Labute approximate surface area is 50.8 Å². The van der Waals surface area contributed by atoms with Crippen molar-refractivity contribution in [2.75, 3.05) is 0 Å². The first-order valence-electron chi connectivity index (χ1n) is 2.96. The largest absolute Gasteiger partial charge is 0.399 e. The fourth-order valence-electron chi connectivity index (χ4n) is 0.424. The van der Waals surface area contributed by atoms with E-state index in [-0.39, 0.29) is 12.8 Å². The Morgan fingerprint density at radius 3 is 2.25 bits per heavy atom. The topological polar surface area (TPSA) is 29.1 Å². The van der Waals surface area contributed by atoms with Crippen LogP contribution in [0.2, 0.25) is 13.6 Å². The summed E-state index contributed by atoms with van der Waals surface area (Å²) in [6.07, 6.45) is 0.582. The molecule has 0 rings (SSSR count). The van der Waals surface area contributed by atoms with Gasteiger partial charge in [0, 0.05) is 6.42 Å². The molecule has 1 amide bonds. The van der Waals surface area contributed by atoms with Crippen molar-refractivity contribution in [1.82, 2.24) is 5.23 Å². The van der Waals surface area contributed by atoms with Gasteiger partial charge in [-0.1, -0.05) is 20.6 Å². The fraction of sp³-hybridized carbons (Fsp3) is 0.800. The minimum absolute atomic E-state index is 0.125. The summed E-state index contributed by atoms with van der Waals surface area (Å²) in [5.41, 5.74) is 0. The molecule has 0 unspecified atom stereocenters. The fourth-order valence-corrected chi connectivity index (χ4v) is 0.424. The van der Waals surface area contributed by atoms with Crippen LogP contribution in [0.3, 0.4) is 0 Å². The van der Waals surface area contributed by atoms with Crippen molar-refractivity contribution < 1.29 is 4.79 Å². The molecule has 0 aliphatic carbocycles. The maximum Gasteiger partial charge on any atom is 0.248 e. The summed E-state index contributed by atoms with van der Waals surface area (Å²) < 4.78 is 0. The van der Waals surface area contributed by atoms with Crippen LogP contribution in [0.15, 0.2) is 0 Å². The normalized spacial score (nSPS) is 8.38. The van der Waals surface area contributed by atoms with E-state index in [1.54, 1.807) is 0 Å². The SMILES string of the molecule is CCC(=O)NB(C)C. The minimum atomic E-state index is 0.125. The molecule has 0 fully saturated rings. The van der Waals surface area contributed by atoms with Crippen LogP contribution in [0.1, 0.15) is 13.3 Å². The predicted octanol–water partition coefficient (Wildman–Crippen LogP) is 0.764. The minimum Gasteiger partial charge on any atom is -0.399 e. The van der Waals surface area contributed by atoms with E-state index in [0.717, 1.165) is 0 Å². The monoisotopic (exact) mass is 113 g/mol. The van der Waals surface area contributed by atoms with Gasteiger partial charge < -0.3 is 5.23 Å². The average Bonchev–Trinajstić information content (AvgIpc) is 1.65. The number of carbonyl (C=O) groups excluding carboxylic acids is 1. The zero-order valence-corrected chi connectivity index (χ0v) is 5.69. The molecule has 0 radical (unpaired) electrons. The highest BCUT2D eigenvalue weighted by Gasteiger charge is 2.00. The van der Waals surface area contributed by atoms with E-state index < -0.39 is 0 Å². The van der Waals surface area contributed by atoms with Crippen molar-refractivity contribution in [3.8, 4) is 0 Å². The van der Waals surface area contributed by atoms with Gasteiger partial charge in [-0.05, 0) is 0 Å². The van der Waals surface area contributed by atoms with Gasteiger partial charge in [0.25, 0.3) is 0 Å². The lowest BCUT2D eigenvalue weighted by Gasteiger charge is -2.01. The van der Waals surface area contributed by atoms with E-state index in [0.29, 0.717) is 6.42 Å². The maximum atomic E-state index is 10.5. The van der Waals surface area contributed by atoms with Crippen molar-refractivity contribution >= 4 is 12.8 Å². The van der Waals surface area contributed by atoms with Crippen molar-refractivity contribution in [2.45, 2.75) is 27.0 Å². The van der Waals surface area contributed by atoms with E-state index in [1.807, 2.05) is 20.6 Å². The molecule has 0 aromatic rings. The third kappa shape index (κ3) is 3.72. The van der Waals surface area contributed by atoms with Crippen LogP contribution in [0.5, 0.6) is 0 Å². The average molecular weight is 113 g/mol. The van der Waals surface area contributed by atoms with Crippen LogP contribution in [0.4, 0.5) is 0 Å². The first-order chi connectivity index (χ1) is 3.66. The van der Waals surface area contributed by atoms with E-state index >= 15 is 0 Å². The highest BCUT2D eigenvalue weighted by atomic mass is 16.1. The molecule has 1 N–H and O–H groups in total. The van der Waals surface area contributed by atoms with Crippen LogP contribution < -0.4 is 5.23 Å². The lowest BCUT2D eigenvalue weighted by atomic mass is 9.69. The number of hydrogen-bond acceptors (Lipinski definition) is 1. The summed E-state index contributed by atoms with van der Waals surface area (Å²) in [6, 6.07) is 0. The Balaban J connectivity index is 3.25. The van der Waals surface area contributed by atoms with Gasteiger partial charge in [-0.2, -0.15) is 0 Å². The standard InChI is InChI=1S/C5H12BNO/c1-4-5(8)7-6(2)3/h4H2,1-3H3,(H,7,8). The molecule has 0 bridgehead atoms. The van der Waals surface area contributed by atoms with E-state index in [1.165, 1.54) is 0 Å². The van der Waals surface area contributed by atoms with Crippen LogP contribution in [0.25, 0.3) is 0 Å². The van der Waals surface area contributed by atoms with Crippen LogP contribution in [-0.2, 0) is 4.79 Å². The van der Waals surface area contributed by atoms with Crippen LogP contribution in [-0.4, -0.2) is 12.8 Å². The molecule has 0 atom stereocenters. The third-order valence-corrected chi connectivity index (χ3v) is 0.771. The highest BCUT2D eigenvalue weighted by molar-refractivity contribution is 6.55. The van der Waals surface area contributed by atoms with E-state index in [4.69, 9.17) is 0 Å². The number of hydrogen-bond donors (Lipinski definition) is 1. The summed E-state index contributed by atoms with van der Waals surface area (Å²) in [4.78, 5) is 10.5. The van der Waals surface area contributed by atoms with Gasteiger partial charge in [-0.3, -0.25) is 4.79 Å². The molecule has 0 aliphatic rings. The van der Waals surface area contributed by atoms with Gasteiger partial charge in [0.1, 0.15) is 0 Å². The zero-order chi connectivity index (χ0) is 6.57. The van der Waals surface area contributed by atoms with Gasteiger partial charge in [0.05, 0.1) is 0 Å². The van der Waals surface area contributed by atoms with Gasteiger partial charge >= 0.3 is 0 Å². The first-order valence-corrected chi connectivity index (χ1v) is 2.96. The summed E-state index contributed by atoms with van der Waals surface area (Å²) in [5.74, 6) is 0.125. The zero-order valence-electron chi connectivity index (χ0n) is 5.69. The van der Waals surface area contributed by atoms with Gasteiger partial charge in [0.2, 0.25) is 12.8 Å². The molecule has 0 aliphatic heterocycles. The molecule has 0 heterocycles. The Morgan fingerprint density at radius 1 is 1.62 bits per heavy atom. The smallest absolute Gasteiger partial charge is 0.248 e. The van der Waals surface area contributed by atoms with Crippen molar-refractivity contribution in [1.29, 1.82) is 0 Å². The third-order valence-electron chi connectivity index (χ3n) is 0.771. The Bertz CT molecular complexity index is 82.5. The summed E-state index contributed by atoms with van der Waals surface area (Å²) in [6.45, 7) is 6.03. The lowest BCUT2D eigenvalue weighted by molar-refractivity contribution is -0.119. The second kappa shape index (κ2) is 3.53. The number of amides is 1. The maximum absolute atomic E-state index is 10.5. The first kappa shape index (κ1) is 7.53. The van der Waals surface area contributed by atoms with Crippen molar-refractivity contribution in [2.24, 2.45) is 0 Å². The van der Waals surface area contributed by atoms with Crippen LogP contribution in [0, 0.1) is 0 Å². The molecule has 46 valence electrons. The molecule has 0 saturated carbocycles. The second-order valence-corrected chi connectivity index (χ2v) is 2.08. The Kier molecular flexibility index (Phi) is 3.32. The van der Waals surface area contributed by atoms with Crippen LogP contribution >= 0.6 is 0 Å². The summed E-state index contributed by atoms with van der Waals surface area (Å²) >= 11 is 0. The molecular weight excluding hydrogens is 101 g/mol. The van der Waals surface area contributed by atoms with Gasteiger partial charge in [0.15, 0.2) is 0 Å². The van der Waals surface area contributed by atoms with E-state index in [2.05, 4.69) is 5.23 Å². The number of rotatable bonds is 2. The molecule has 0 aromatic carbocycles. The molecule has 0 saturated heterocycles. The predicted molar refractivity (Wildman–Crippen MR) is 35.9 cm³/mol. The Hall–Kier alpha value is -0.465. The second-order valence-electron chi connectivity index (χ2n) is 2.08. The quantitative estimate of drug-likeness (QED) is 0.526. The molecule has 2 nitrogen and oxygen atoms in total. The number of carbonyl (C=O) groups is 1. The summed E-state index contributed by atoms with van der Waals surface area (Å²) in [5, 5.41) is 2.75.